The van der Waals surface area contributed by atoms with Gasteiger partial charge in [-0.2, -0.15) is 5.26 Å². The Morgan fingerprint density at radius 2 is 2.05 bits per heavy atom. The van der Waals surface area contributed by atoms with Crippen molar-refractivity contribution in [3.8, 4) is 6.07 Å². The van der Waals surface area contributed by atoms with Gasteiger partial charge in [-0.3, -0.25) is 4.79 Å². The van der Waals surface area contributed by atoms with E-state index in [0.717, 1.165) is 5.56 Å². The zero-order chi connectivity index (χ0) is 13.8. The smallest absolute Gasteiger partial charge is 0.314 e. The summed E-state index contributed by atoms with van der Waals surface area (Å²) in [6.07, 6.45) is 4.65. The second-order valence-corrected chi connectivity index (χ2v) is 4.13. The van der Waals surface area contributed by atoms with Gasteiger partial charge in [0.25, 0.3) is 0 Å². The predicted molar refractivity (Wildman–Crippen MR) is 71.5 cm³/mol. The number of carboxylic acid groups (broad SMARTS) is 1. The van der Waals surface area contributed by atoms with Gasteiger partial charge in [0, 0.05) is 5.70 Å². The van der Waals surface area contributed by atoms with Gasteiger partial charge in [0.2, 0.25) is 0 Å². The van der Waals surface area contributed by atoms with E-state index >= 15 is 0 Å². The van der Waals surface area contributed by atoms with Crippen LogP contribution in [0.5, 0.6) is 0 Å². The van der Waals surface area contributed by atoms with Crippen LogP contribution in [-0.4, -0.2) is 11.1 Å². The molecule has 94 valence electrons. The summed E-state index contributed by atoms with van der Waals surface area (Å²) in [6.45, 7) is 0. The average Bonchev–Trinajstić information content (AvgIpc) is 2.40. The van der Waals surface area contributed by atoms with Gasteiger partial charge < -0.3 is 10.8 Å². The van der Waals surface area contributed by atoms with Crippen molar-refractivity contribution in [3.05, 3.63) is 64.9 Å². The van der Waals surface area contributed by atoms with Crippen LogP contribution in [-0.2, 0) is 4.79 Å². The Balaban J connectivity index is 2.55. The molecule has 0 spiro atoms. The largest absolute Gasteiger partial charge is 0.481 e. The van der Waals surface area contributed by atoms with E-state index in [0.29, 0.717) is 11.3 Å². The molecule has 4 heteroatoms. The summed E-state index contributed by atoms with van der Waals surface area (Å²) in [5.41, 5.74) is 7.50. The minimum absolute atomic E-state index is 0.221. The standard InChI is InChI=1S/C15H12N2O2/c16-9-13-12(8-10-4-2-1-3-5-10)11(15(18)19)6-7-14(13)17/h1-8,11H,17H2,(H,18,19). The Kier molecular flexibility index (Phi) is 3.48. The van der Waals surface area contributed by atoms with Gasteiger partial charge in [-0.25, -0.2) is 0 Å². The summed E-state index contributed by atoms with van der Waals surface area (Å²) in [6, 6.07) is 11.2. The zero-order valence-corrected chi connectivity index (χ0v) is 10.1. The maximum absolute atomic E-state index is 11.3. The number of allylic oxidation sites excluding steroid dienone is 2. The number of nitriles is 1. The Hall–Kier alpha value is -2.80. The number of benzene rings is 1. The Morgan fingerprint density at radius 1 is 1.37 bits per heavy atom. The first kappa shape index (κ1) is 12.7. The molecule has 1 unspecified atom stereocenters. The number of nitrogens with two attached hydrogens (primary N) is 1. The molecule has 1 aliphatic rings. The van der Waals surface area contributed by atoms with Crippen molar-refractivity contribution in [1.29, 1.82) is 5.26 Å². The third-order valence-corrected chi connectivity index (χ3v) is 2.88. The number of aliphatic carboxylic acids is 1. The fourth-order valence-corrected chi connectivity index (χ4v) is 1.94. The second-order valence-electron chi connectivity index (χ2n) is 4.13. The third kappa shape index (κ3) is 2.55. The molecule has 0 aromatic heterocycles. The first-order chi connectivity index (χ1) is 9.13. The Bertz CT molecular complexity index is 634. The summed E-state index contributed by atoms with van der Waals surface area (Å²) >= 11 is 0. The van der Waals surface area contributed by atoms with Crippen molar-refractivity contribution in [2.24, 2.45) is 11.7 Å². The highest BCUT2D eigenvalue weighted by Gasteiger charge is 2.26. The maximum Gasteiger partial charge on any atom is 0.314 e. The van der Waals surface area contributed by atoms with Gasteiger partial charge in [-0.1, -0.05) is 36.4 Å². The number of nitrogens with zero attached hydrogens (tertiary/aromatic N) is 1. The van der Waals surface area contributed by atoms with Gasteiger partial charge in [-0.05, 0) is 23.3 Å². The molecule has 19 heavy (non-hydrogen) atoms. The van der Waals surface area contributed by atoms with E-state index in [4.69, 9.17) is 11.0 Å². The van der Waals surface area contributed by atoms with Crippen molar-refractivity contribution < 1.29 is 9.90 Å². The van der Waals surface area contributed by atoms with Crippen LogP contribution in [0.1, 0.15) is 5.56 Å². The number of hydrogen-bond acceptors (Lipinski definition) is 3. The first-order valence-electron chi connectivity index (χ1n) is 5.71. The van der Waals surface area contributed by atoms with Crippen LogP contribution in [0.2, 0.25) is 0 Å². The lowest BCUT2D eigenvalue weighted by Gasteiger charge is -2.18. The third-order valence-electron chi connectivity index (χ3n) is 2.88. The molecule has 1 aromatic rings. The molecule has 0 fully saturated rings. The lowest BCUT2D eigenvalue weighted by atomic mass is 9.86. The zero-order valence-electron chi connectivity index (χ0n) is 10.1. The van der Waals surface area contributed by atoms with E-state index in [-0.39, 0.29) is 5.57 Å². The highest BCUT2D eigenvalue weighted by Crippen LogP contribution is 2.29. The van der Waals surface area contributed by atoms with E-state index in [1.54, 1.807) is 6.08 Å². The molecule has 0 saturated heterocycles. The highest BCUT2D eigenvalue weighted by molar-refractivity contribution is 5.83. The van der Waals surface area contributed by atoms with Crippen LogP contribution in [0.25, 0.3) is 6.08 Å². The quantitative estimate of drug-likeness (QED) is 0.843. The van der Waals surface area contributed by atoms with Crippen LogP contribution in [0.4, 0.5) is 0 Å². The molecule has 1 atom stereocenters. The number of hydrogen-bond donors (Lipinski definition) is 2. The van der Waals surface area contributed by atoms with Gasteiger partial charge in [0.1, 0.15) is 12.0 Å². The van der Waals surface area contributed by atoms with Crippen LogP contribution in [0.3, 0.4) is 0 Å². The number of carboxylic acids is 1. The van der Waals surface area contributed by atoms with E-state index in [2.05, 4.69) is 0 Å². The molecule has 0 radical (unpaired) electrons. The van der Waals surface area contributed by atoms with Crippen LogP contribution in [0, 0.1) is 17.2 Å². The molecule has 1 aromatic carbocycles. The molecule has 4 nitrogen and oxygen atoms in total. The predicted octanol–water partition coefficient (Wildman–Crippen LogP) is 2.08. The van der Waals surface area contributed by atoms with Crippen molar-refractivity contribution in [2.75, 3.05) is 0 Å². The Morgan fingerprint density at radius 3 is 2.63 bits per heavy atom. The maximum atomic E-state index is 11.3. The van der Waals surface area contributed by atoms with Gasteiger partial charge in [0.05, 0.1) is 5.57 Å². The van der Waals surface area contributed by atoms with Crippen LogP contribution in [0.15, 0.2) is 59.3 Å². The monoisotopic (exact) mass is 252 g/mol. The van der Waals surface area contributed by atoms with Crippen LogP contribution < -0.4 is 5.73 Å². The molecule has 0 bridgehead atoms. The lowest BCUT2D eigenvalue weighted by Crippen LogP contribution is -2.20. The van der Waals surface area contributed by atoms with E-state index in [9.17, 15) is 9.90 Å². The van der Waals surface area contributed by atoms with Crippen molar-refractivity contribution in [2.45, 2.75) is 0 Å². The number of carbonyl (C=O) groups is 1. The van der Waals surface area contributed by atoms with Gasteiger partial charge in [-0.15, -0.1) is 0 Å². The summed E-state index contributed by atoms with van der Waals surface area (Å²) in [5.74, 6) is -1.85. The Labute approximate surface area is 110 Å². The topological polar surface area (TPSA) is 87.1 Å². The van der Waals surface area contributed by atoms with Crippen molar-refractivity contribution in [3.63, 3.8) is 0 Å². The fourth-order valence-electron chi connectivity index (χ4n) is 1.94. The molecule has 3 N–H and O–H groups in total. The molecule has 0 heterocycles. The molecular weight excluding hydrogens is 240 g/mol. The average molecular weight is 252 g/mol. The van der Waals surface area contributed by atoms with E-state index in [1.807, 2.05) is 36.4 Å². The van der Waals surface area contributed by atoms with Crippen LogP contribution >= 0.6 is 0 Å². The van der Waals surface area contributed by atoms with Crippen molar-refractivity contribution in [1.82, 2.24) is 0 Å². The molecule has 0 amide bonds. The minimum Gasteiger partial charge on any atom is -0.481 e. The van der Waals surface area contributed by atoms with Gasteiger partial charge in [0.15, 0.2) is 0 Å². The normalized spacial score (nSPS) is 20.4. The lowest BCUT2D eigenvalue weighted by molar-refractivity contribution is -0.138. The van der Waals surface area contributed by atoms with E-state index < -0.39 is 11.9 Å². The minimum atomic E-state index is -1.00. The summed E-state index contributed by atoms with van der Waals surface area (Å²) in [5, 5.41) is 18.4. The number of rotatable bonds is 2. The summed E-state index contributed by atoms with van der Waals surface area (Å²) < 4.78 is 0. The second kappa shape index (κ2) is 5.23. The summed E-state index contributed by atoms with van der Waals surface area (Å²) in [4.78, 5) is 11.3. The van der Waals surface area contributed by atoms with E-state index in [1.165, 1.54) is 12.2 Å². The highest BCUT2D eigenvalue weighted by atomic mass is 16.4. The molecule has 1 aliphatic carbocycles. The fraction of sp³-hybridized carbons (Fsp3) is 0.0667. The molecule has 2 rings (SSSR count). The molecule has 0 saturated carbocycles. The first-order valence-corrected chi connectivity index (χ1v) is 5.71. The van der Waals surface area contributed by atoms with Gasteiger partial charge >= 0.3 is 5.97 Å². The summed E-state index contributed by atoms with van der Waals surface area (Å²) in [7, 11) is 0. The SMILES string of the molecule is N#CC1=C(N)C=CC(C(=O)O)C1=Cc1ccccc1. The molecular formula is C15H12N2O2. The van der Waals surface area contributed by atoms with Crippen molar-refractivity contribution >= 4 is 12.0 Å². The molecule has 0 aliphatic heterocycles.